The molecule has 1 aliphatic rings. The first-order valence-corrected chi connectivity index (χ1v) is 10.8. The van der Waals surface area contributed by atoms with Crippen molar-refractivity contribution >= 4 is 23.4 Å². The molecule has 1 unspecified atom stereocenters. The molecule has 3 aromatic rings. The summed E-state index contributed by atoms with van der Waals surface area (Å²) in [5.41, 5.74) is 2.55. The summed E-state index contributed by atoms with van der Waals surface area (Å²) >= 11 is 0. The summed E-state index contributed by atoms with van der Waals surface area (Å²) in [5.74, 6) is 0.765. The number of anilines is 2. The maximum atomic E-state index is 13.1. The molecule has 0 fully saturated rings. The summed E-state index contributed by atoms with van der Waals surface area (Å²) in [6, 6.07) is 13.8. The molecule has 9 heteroatoms. The van der Waals surface area contributed by atoms with Gasteiger partial charge in [0.05, 0.1) is 32.6 Å². The van der Waals surface area contributed by atoms with E-state index < -0.39 is 12.0 Å². The van der Waals surface area contributed by atoms with Gasteiger partial charge in [0.1, 0.15) is 28.9 Å². The minimum absolute atomic E-state index is 0.217. The number of carbonyl (C=O) groups excluding carboxylic acids is 2. The van der Waals surface area contributed by atoms with Gasteiger partial charge in [-0.15, -0.1) is 0 Å². The second-order valence-electron chi connectivity index (χ2n) is 7.57. The molecule has 2 N–H and O–H groups in total. The first-order chi connectivity index (χ1) is 16.5. The number of methoxy groups -OCH3 is 2. The Balaban J connectivity index is 1.84. The van der Waals surface area contributed by atoms with E-state index in [9.17, 15) is 9.59 Å². The van der Waals surface area contributed by atoms with Crippen molar-refractivity contribution in [1.29, 1.82) is 0 Å². The number of benzene rings is 2. The predicted molar refractivity (Wildman–Crippen MR) is 127 cm³/mol. The van der Waals surface area contributed by atoms with Crippen molar-refractivity contribution in [1.82, 2.24) is 9.78 Å². The first kappa shape index (κ1) is 22.9. The number of hydrogen-bond acceptors (Lipinski definition) is 7. The molecule has 2 aromatic carbocycles. The average Bonchev–Trinajstić information content (AvgIpc) is 3.27. The third-order valence-electron chi connectivity index (χ3n) is 5.53. The van der Waals surface area contributed by atoms with Crippen LogP contribution in [0.15, 0.2) is 66.0 Å². The van der Waals surface area contributed by atoms with Gasteiger partial charge < -0.3 is 24.8 Å². The Kier molecular flexibility index (Phi) is 6.53. The zero-order valence-corrected chi connectivity index (χ0v) is 19.4. The highest BCUT2D eigenvalue weighted by molar-refractivity contribution is 6.08. The van der Waals surface area contributed by atoms with Crippen LogP contribution in [0.1, 0.15) is 35.8 Å². The third-order valence-corrected chi connectivity index (χ3v) is 5.53. The van der Waals surface area contributed by atoms with E-state index in [1.807, 2.05) is 18.2 Å². The highest BCUT2D eigenvalue weighted by atomic mass is 16.5. The third kappa shape index (κ3) is 4.19. The van der Waals surface area contributed by atoms with E-state index in [1.165, 1.54) is 6.20 Å². The van der Waals surface area contributed by atoms with E-state index >= 15 is 0 Å². The Morgan fingerprint density at radius 2 is 1.88 bits per heavy atom. The molecule has 0 aliphatic carbocycles. The molecule has 1 amide bonds. The SMILES string of the molecule is CCOC(=O)C1=C(C)Nc2c(C(=O)Nc3ccccc3)cnn2C1c1cc(OC)ccc1OC. The largest absolute Gasteiger partial charge is 0.497 e. The summed E-state index contributed by atoms with van der Waals surface area (Å²) in [4.78, 5) is 26.1. The molecule has 2 heterocycles. The Morgan fingerprint density at radius 1 is 1.12 bits per heavy atom. The van der Waals surface area contributed by atoms with Gasteiger partial charge >= 0.3 is 5.97 Å². The molecule has 0 saturated heterocycles. The zero-order valence-electron chi connectivity index (χ0n) is 19.4. The maximum Gasteiger partial charge on any atom is 0.338 e. The number of rotatable bonds is 7. The highest BCUT2D eigenvalue weighted by Gasteiger charge is 2.37. The summed E-state index contributed by atoms with van der Waals surface area (Å²) < 4.78 is 18.0. The quantitative estimate of drug-likeness (QED) is 0.512. The number of allylic oxidation sites excluding steroid dienone is 1. The van der Waals surface area contributed by atoms with Gasteiger partial charge in [0.15, 0.2) is 0 Å². The zero-order chi connectivity index (χ0) is 24.2. The fourth-order valence-electron chi connectivity index (χ4n) is 3.95. The van der Waals surface area contributed by atoms with E-state index in [-0.39, 0.29) is 12.5 Å². The van der Waals surface area contributed by atoms with Crippen molar-refractivity contribution in [2.75, 3.05) is 31.5 Å². The van der Waals surface area contributed by atoms with Crippen molar-refractivity contribution in [3.8, 4) is 11.5 Å². The Morgan fingerprint density at radius 3 is 2.56 bits per heavy atom. The number of carbonyl (C=O) groups is 2. The van der Waals surface area contributed by atoms with E-state index in [0.29, 0.717) is 45.4 Å². The Bertz CT molecular complexity index is 1250. The van der Waals surface area contributed by atoms with Crippen LogP contribution in [-0.2, 0) is 9.53 Å². The summed E-state index contributed by atoms with van der Waals surface area (Å²) in [7, 11) is 3.11. The second kappa shape index (κ2) is 9.70. The van der Waals surface area contributed by atoms with Gasteiger partial charge in [-0.1, -0.05) is 18.2 Å². The van der Waals surface area contributed by atoms with Crippen LogP contribution >= 0.6 is 0 Å². The number of nitrogens with one attached hydrogen (secondary N) is 2. The number of fused-ring (bicyclic) bond motifs is 1. The summed E-state index contributed by atoms with van der Waals surface area (Å²) in [5, 5.41) is 10.5. The number of para-hydroxylation sites is 1. The number of nitrogens with zero attached hydrogens (tertiary/aromatic N) is 2. The van der Waals surface area contributed by atoms with Gasteiger partial charge in [0.25, 0.3) is 5.91 Å². The number of ether oxygens (including phenoxy) is 3. The van der Waals surface area contributed by atoms with Crippen LogP contribution in [0.25, 0.3) is 0 Å². The smallest absolute Gasteiger partial charge is 0.338 e. The molecule has 34 heavy (non-hydrogen) atoms. The number of esters is 1. The lowest BCUT2D eigenvalue weighted by molar-refractivity contribution is -0.139. The van der Waals surface area contributed by atoms with E-state index in [1.54, 1.807) is 63.1 Å². The molecule has 0 radical (unpaired) electrons. The van der Waals surface area contributed by atoms with Crippen LogP contribution < -0.4 is 20.1 Å². The van der Waals surface area contributed by atoms with Gasteiger partial charge in [-0.25, -0.2) is 9.48 Å². The topological polar surface area (TPSA) is 104 Å². The summed E-state index contributed by atoms with van der Waals surface area (Å²) in [6.45, 7) is 3.73. The van der Waals surface area contributed by atoms with Crippen LogP contribution in [0.5, 0.6) is 11.5 Å². The van der Waals surface area contributed by atoms with Crippen LogP contribution in [0.3, 0.4) is 0 Å². The molecular weight excluding hydrogens is 436 g/mol. The van der Waals surface area contributed by atoms with Crippen LogP contribution in [0.2, 0.25) is 0 Å². The van der Waals surface area contributed by atoms with E-state index in [0.717, 1.165) is 0 Å². The van der Waals surface area contributed by atoms with Crippen molar-refractivity contribution in [2.24, 2.45) is 0 Å². The van der Waals surface area contributed by atoms with Crippen LogP contribution in [0.4, 0.5) is 11.5 Å². The molecule has 1 aromatic heterocycles. The van der Waals surface area contributed by atoms with Crippen molar-refractivity contribution in [3.05, 3.63) is 77.1 Å². The molecule has 4 rings (SSSR count). The van der Waals surface area contributed by atoms with Gasteiger partial charge in [-0.2, -0.15) is 5.10 Å². The fourth-order valence-corrected chi connectivity index (χ4v) is 3.95. The number of aromatic nitrogens is 2. The average molecular weight is 463 g/mol. The summed E-state index contributed by atoms with van der Waals surface area (Å²) in [6.07, 6.45) is 1.47. The van der Waals surface area contributed by atoms with Gasteiger partial charge in [0.2, 0.25) is 0 Å². The lowest BCUT2D eigenvalue weighted by Crippen LogP contribution is -2.30. The molecule has 0 bridgehead atoms. The number of amides is 1. The monoisotopic (exact) mass is 462 g/mol. The highest BCUT2D eigenvalue weighted by Crippen LogP contribution is 2.42. The van der Waals surface area contributed by atoms with Crippen LogP contribution in [-0.4, -0.2) is 42.5 Å². The molecular formula is C25H26N4O5. The Labute approximate surface area is 197 Å². The lowest BCUT2D eigenvalue weighted by Gasteiger charge is -2.30. The number of hydrogen-bond donors (Lipinski definition) is 2. The van der Waals surface area contributed by atoms with Crippen molar-refractivity contribution in [2.45, 2.75) is 19.9 Å². The fraction of sp³-hybridized carbons (Fsp3) is 0.240. The van der Waals surface area contributed by atoms with Gasteiger partial charge in [0, 0.05) is 16.9 Å². The minimum Gasteiger partial charge on any atom is -0.497 e. The van der Waals surface area contributed by atoms with E-state index in [2.05, 4.69) is 15.7 Å². The molecule has 1 aliphatic heterocycles. The lowest BCUT2D eigenvalue weighted by atomic mass is 9.94. The Hall–Kier alpha value is -4.27. The van der Waals surface area contributed by atoms with Crippen molar-refractivity contribution in [3.63, 3.8) is 0 Å². The molecule has 1 atom stereocenters. The maximum absolute atomic E-state index is 13.1. The van der Waals surface area contributed by atoms with Gasteiger partial charge in [-0.3, -0.25) is 4.79 Å². The standard InChI is InChI=1S/C25H26N4O5/c1-5-34-25(31)21-15(2)27-23-19(24(30)28-16-9-7-6-8-10-16)14-26-29(23)22(21)18-13-17(32-3)11-12-20(18)33-4/h6-14,22,27H,5H2,1-4H3,(H,28,30). The van der Waals surface area contributed by atoms with Crippen molar-refractivity contribution < 1.29 is 23.8 Å². The van der Waals surface area contributed by atoms with E-state index in [4.69, 9.17) is 14.2 Å². The second-order valence-corrected chi connectivity index (χ2v) is 7.57. The molecule has 0 spiro atoms. The predicted octanol–water partition coefficient (Wildman–Crippen LogP) is 4.00. The minimum atomic E-state index is -0.710. The molecule has 0 saturated carbocycles. The molecule has 9 nitrogen and oxygen atoms in total. The van der Waals surface area contributed by atoms with Crippen LogP contribution in [0, 0.1) is 0 Å². The van der Waals surface area contributed by atoms with Gasteiger partial charge in [-0.05, 0) is 44.2 Å². The first-order valence-electron chi connectivity index (χ1n) is 10.8. The molecule has 176 valence electrons. The normalized spacial score (nSPS) is 14.6.